The molecule has 0 atom stereocenters. The quantitative estimate of drug-likeness (QED) is 0.612. The highest BCUT2D eigenvalue weighted by Gasteiger charge is 2.14. The molecule has 0 unspecified atom stereocenters. The molecule has 0 fully saturated rings. The number of unbranched alkanes of at least 4 members (excludes halogenated alkanes) is 1. The third-order valence-corrected chi connectivity index (χ3v) is 2.10. The average molecular weight is 221 g/mol. The van der Waals surface area contributed by atoms with Crippen molar-refractivity contribution >= 4 is 12.0 Å². The van der Waals surface area contributed by atoms with Gasteiger partial charge in [0, 0.05) is 6.20 Å². The number of aromatic nitrogens is 1. The van der Waals surface area contributed by atoms with E-state index >= 15 is 0 Å². The van der Waals surface area contributed by atoms with Crippen LogP contribution in [0.1, 0.15) is 35.8 Å². The van der Waals surface area contributed by atoms with Gasteiger partial charge in [0.25, 0.3) is 0 Å². The van der Waals surface area contributed by atoms with Crippen LogP contribution in [0, 0.1) is 0 Å². The first-order valence-corrected chi connectivity index (χ1v) is 5.18. The number of aromatic hydroxyl groups is 1. The van der Waals surface area contributed by atoms with Crippen molar-refractivity contribution in [3.8, 4) is 5.75 Å². The molecule has 0 aliphatic carbocycles. The van der Waals surface area contributed by atoms with E-state index in [0.29, 0.717) is 6.61 Å². The van der Waals surface area contributed by atoms with Gasteiger partial charge in [-0.05, 0) is 18.6 Å². The summed E-state index contributed by atoms with van der Waals surface area (Å²) < 4.78 is 4.99. The molecule has 0 saturated heterocycles. The lowest BCUT2D eigenvalue weighted by Gasteiger charge is -2.06. The third-order valence-electron chi connectivity index (χ3n) is 2.10. The van der Waals surface area contributed by atoms with Crippen molar-refractivity contribution in [2.45, 2.75) is 19.8 Å². The van der Waals surface area contributed by atoms with Gasteiger partial charge in [-0.2, -0.15) is 0 Å². The smallest absolute Gasteiger partial charge is 0.342 e. The van der Waals surface area contributed by atoms with Crippen molar-refractivity contribution in [2.75, 3.05) is 6.61 Å². The van der Waals surface area contributed by atoms with Crippen LogP contribution in [0.15, 0.2) is 18.8 Å². The Kier molecular flexibility index (Phi) is 4.51. The van der Waals surface area contributed by atoms with Gasteiger partial charge in [-0.1, -0.05) is 19.9 Å². The van der Waals surface area contributed by atoms with Crippen molar-refractivity contribution in [3.63, 3.8) is 0 Å². The molecule has 16 heavy (non-hydrogen) atoms. The van der Waals surface area contributed by atoms with Gasteiger partial charge in [-0.25, -0.2) is 4.79 Å². The van der Waals surface area contributed by atoms with Gasteiger partial charge in [0.1, 0.15) is 11.3 Å². The number of rotatable bonds is 5. The minimum atomic E-state index is -0.531. The Morgan fingerprint density at radius 2 is 2.44 bits per heavy atom. The minimum Gasteiger partial charge on any atom is -0.505 e. The van der Waals surface area contributed by atoms with Gasteiger partial charge in [0.2, 0.25) is 0 Å². The predicted octanol–water partition coefficient (Wildman–Crippen LogP) is 2.39. The molecule has 0 aliphatic heterocycles. The van der Waals surface area contributed by atoms with Crippen molar-refractivity contribution in [1.29, 1.82) is 0 Å². The molecule has 0 saturated carbocycles. The Morgan fingerprint density at radius 3 is 3.06 bits per heavy atom. The van der Waals surface area contributed by atoms with Gasteiger partial charge in [-0.3, -0.25) is 4.98 Å². The van der Waals surface area contributed by atoms with Crippen LogP contribution in [0.3, 0.4) is 0 Å². The molecule has 1 rings (SSSR count). The van der Waals surface area contributed by atoms with E-state index < -0.39 is 5.97 Å². The summed E-state index contributed by atoms with van der Waals surface area (Å²) in [6.45, 7) is 5.86. The molecule has 0 aromatic carbocycles. The monoisotopic (exact) mass is 221 g/mol. The minimum absolute atomic E-state index is 0.126. The number of esters is 1. The molecule has 1 heterocycles. The molecule has 0 radical (unpaired) electrons. The molecular weight excluding hydrogens is 206 g/mol. The molecule has 0 bridgehead atoms. The molecule has 4 nitrogen and oxygen atoms in total. The Bertz CT molecular complexity index is 388. The second-order valence-corrected chi connectivity index (χ2v) is 3.29. The highest BCUT2D eigenvalue weighted by atomic mass is 16.5. The SMILES string of the molecule is C=Cc1nccc(C(=O)OCCCC)c1O. The molecule has 0 spiro atoms. The van der Waals surface area contributed by atoms with Crippen LogP contribution in [-0.4, -0.2) is 22.7 Å². The second-order valence-electron chi connectivity index (χ2n) is 3.29. The van der Waals surface area contributed by atoms with Crippen molar-refractivity contribution < 1.29 is 14.6 Å². The zero-order valence-electron chi connectivity index (χ0n) is 9.27. The van der Waals surface area contributed by atoms with E-state index in [0.717, 1.165) is 12.8 Å². The Labute approximate surface area is 94.6 Å². The largest absolute Gasteiger partial charge is 0.505 e. The van der Waals surface area contributed by atoms with Crippen LogP contribution in [0.2, 0.25) is 0 Å². The van der Waals surface area contributed by atoms with Gasteiger partial charge in [-0.15, -0.1) is 0 Å². The van der Waals surface area contributed by atoms with E-state index in [4.69, 9.17) is 4.74 Å². The molecule has 86 valence electrons. The zero-order valence-corrected chi connectivity index (χ0v) is 9.27. The summed E-state index contributed by atoms with van der Waals surface area (Å²) in [7, 11) is 0. The van der Waals surface area contributed by atoms with Gasteiger partial charge >= 0.3 is 5.97 Å². The van der Waals surface area contributed by atoms with E-state index in [1.54, 1.807) is 0 Å². The maximum absolute atomic E-state index is 11.6. The normalized spacial score (nSPS) is 9.81. The van der Waals surface area contributed by atoms with Crippen LogP contribution in [0.4, 0.5) is 0 Å². The number of pyridine rings is 1. The summed E-state index contributed by atoms with van der Waals surface area (Å²) in [6, 6.07) is 1.43. The lowest BCUT2D eigenvalue weighted by molar-refractivity contribution is 0.0496. The second kappa shape index (κ2) is 5.90. The van der Waals surface area contributed by atoms with Gasteiger partial charge in [0.05, 0.1) is 6.61 Å². The lowest BCUT2D eigenvalue weighted by Crippen LogP contribution is -2.07. The fraction of sp³-hybridized carbons (Fsp3) is 0.333. The average Bonchev–Trinajstić information content (AvgIpc) is 2.29. The summed E-state index contributed by atoms with van der Waals surface area (Å²) in [4.78, 5) is 15.4. The number of nitrogens with zero attached hydrogens (tertiary/aromatic N) is 1. The molecule has 4 heteroatoms. The molecule has 0 amide bonds. The van der Waals surface area contributed by atoms with Crippen molar-refractivity contribution in [3.05, 3.63) is 30.1 Å². The molecule has 0 aliphatic rings. The fourth-order valence-corrected chi connectivity index (χ4v) is 1.17. The van der Waals surface area contributed by atoms with Crippen LogP contribution < -0.4 is 0 Å². The summed E-state index contributed by atoms with van der Waals surface area (Å²) in [5.74, 6) is -0.713. The van der Waals surface area contributed by atoms with E-state index in [2.05, 4.69) is 11.6 Å². The molecule has 1 aromatic heterocycles. The lowest BCUT2D eigenvalue weighted by atomic mass is 10.2. The first-order valence-electron chi connectivity index (χ1n) is 5.18. The van der Waals surface area contributed by atoms with Crippen LogP contribution >= 0.6 is 0 Å². The summed E-state index contributed by atoms with van der Waals surface area (Å²) in [5, 5.41) is 9.68. The zero-order chi connectivity index (χ0) is 12.0. The van der Waals surface area contributed by atoms with E-state index in [1.807, 2.05) is 6.92 Å². The van der Waals surface area contributed by atoms with Crippen LogP contribution in [0.25, 0.3) is 6.08 Å². The third kappa shape index (κ3) is 2.82. The first kappa shape index (κ1) is 12.2. The number of hydrogen-bond donors (Lipinski definition) is 1. The van der Waals surface area contributed by atoms with E-state index in [1.165, 1.54) is 18.3 Å². The Hall–Kier alpha value is -1.84. The number of carbonyl (C=O) groups is 1. The van der Waals surface area contributed by atoms with Gasteiger partial charge < -0.3 is 9.84 Å². The number of hydrogen-bond acceptors (Lipinski definition) is 4. The number of carbonyl (C=O) groups excluding carboxylic acids is 1. The maximum atomic E-state index is 11.6. The summed E-state index contributed by atoms with van der Waals surface area (Å²) in [6.07, 6.45) is 4.59. The first-order chi connectivity index (χ1) is 7.70. The fourth-order valence-electron chi connectivity index (χ4n) is 1.17. The van der Waals surface area contributed by atoms with Gasteiger partial charge in [0.15, 0.2) is 5.75 Å². The highest BCUT2D eigenvalue weighted by molar-refractivity contribution is 5.93. The van der Waals surface area contributed by atoms with Crippen molar-refractivity contribution in [1.82, 2.24) is 4.98 Å². The van der Waals surface area contributed by atoms with E-state index in [-0.39, 0.29) is 17.0 Å². The number of ether oxygens (including phenoxy) is 1. The van der Waals surface area contributed by atoms with Crippen molar-refractivity contribution in [2.24, 2.45) is 0 Å². The topological polar surface area (TPSA) is 59.4 Å². The van der Waals surface area contributed by atoms with Crippen LogP contribution in [0.5, 0.6) is 5.75 Å². The Balaban J connectivity index is 2.79. The maximum Gasteiger partial charge on any atom is 0.342 e. The van der Waals surface area contributed by atoms with Crippen LogP contribution in [-0.2, 0) is 4.74 Å². The molecular formula is C12H15NO3. The van der Waals surface area contributed by atoms with E-state index in [9.17, 15) is 9.90 Å². The molecule has 1 aromatic rings. The Morgan fingerprint density at radius 1 is 1.69 bits per heavy atom. The summed E-state index contributed by atoms with van der Waals surface area (Å²) >= 11 is 0. The summed E-state index contributed by atoms with van der Waals surface area (Å²) in [5.41, 5.74) is 0.408. The predicted molar refractivity (Wildman–Crippen MR) is 61.2 cm³/mol. The highest BCUT2D eigenvalue weighted by Crippen LogP contribution is 2.21. The standard InChI is InChI=1S/C12H15NO3/c1-3-5-8-16-12(15)9-6-7-13-10(4-2)11(9)14/h4,6-7,14H,2-3,5,8H2,1H3. The molecule has 1 N–H and O–H groups in total.